The van der Waals surface area contributed by atoms with Crippen LogP contribution >= 0.6 is 23.6 Å². The molecule has 0 fully saturated rings. The number of thiazole rings is 1. The number of nitrogens with zero attached hydrogens (tertiary/aromatic N) is 2. The zero-order valence-electron chi connectivity index (χ0n) is 14.7. The monoisotopic (exact) mass is 392 g/mol. The summed E-state index contributed by atoms with van der Waals surface area (Å²) in [6.45, 7) is 0.665. The van der Waals surface area contributed by atoms with Crippen LogP contribution in [0.4, 0.5) is 5.69 Å². The van der Waals surface area contributed by atoms with E-state index in [1.165, 1.54) is 16.9 Å². The first-order valence-corrected chi connectivity index (χ1v) is 9.85. The van der Waals surface area contributed by atoms with E-state index in [1.54, 1.807) is 10.8 Å². The van der Waals surface area contributed by atoms with E-state index in [2.05, 4.69) is 17.1 Å². The molecule has 0 saturated carbocycles. The van der Waals surface area contributed by atoms with Crippen LogP contribution in [0.25, 0.3) is 6.08 Å². The van der Waals surface area contributed by atoms with Crippen molar-refractivity contribution in [1.29, 1.82) is 0 Å². The number of para-hydroxylation sites is 1. The summed E-state index contributed by atoms with van der Waals surface area (Å²) in [5.74, 6) is 0.225. The number of aromatic nitrogens is 1. The number of aliphatic imine (C=N–C) groups is 1. The molecule has 0 saturated heterocycles. The van der Waals surface area contributed by atoms with Crippen LogP contribution in [0.1, 0.15) is 10.4 Å². The standard InChI is InChI=1S/C22H20N2OS2/c25-21-20(14-8-3-9-16-23-19-12-6-2-7-13-19)27-22(26)24(21)17-15-18-10-4-1-5-11-18/h1-14,16,25H,15,17H2. The lowest BCUT2D eigenvalue weighted by atomic mass is 10.1. The van der Waals surface area contributed by atoms with Crippen LogP contribution in [0, 0.1) is 3.95 Å². The molecular formula is C22H20N2OS2. The zero-order valence-corrected chi connectivity index (χ0v) is 16.4. The van der Waals surface area contributed by atoms with Crippen LogP contribution < -0.4 is 0 Å². The summed E-state index contributed by atoms with van der Waals surface area (Å²) in [6, 6.07) is 20.0. The minimum atomic E-state index is 0.225. The molecule has 1 aromatic heterocycles. The maximum absolute atomic E-state index is 10.4. The fourth-order valence-electron chi connectivity index (χ4n) is 2.51. The van der Waals surface area contributed by atoms with E-state index >= 15 is 0 Å². The molecule has 27 heavy (non-hydrogen) atoms. The van der Waals surface area contributed by atoms with Crippen molar-refractivity contribution in [3.8, 4) is 5.88 Å². The quantitative estimate of drug-likeness (QED) is 0.295. The minimum absolute atomic E-state index is 0.225. The summed E-state index contributed by atoms with van der Waals surface area (Å²) in [7, 11) is 0. The van der Waals surface area contributed by atoms with Crippen molar-refractivity contribution < 1.29 is 5.11 Å². The molecule has 0 radical (unpaired) electrons. The van der Waals surface area contributed by atoms with Crippen molar-refractivity contribution in [2.45, 2.75) is 13.0 Å². The molecule has 2 aromatic carbocycles. The van der Waals surface area contributed by atoms with E-state index < -0.39 is 0 Å². The van der Waals surface area contributed by atoms with Crippen LogP contribution in [-0.2, 0) is 13.0 Å². The number of rotatable bonds is 7. The third-order valence-corrected chi connectivity index (χ3v) is 5.30. The second kappa shape index (κ2) is 9.80. The van der Waals surface area contributed by atoms with Crippen molar-refractivity contribution >= 4 is 41.5 Å². The molecule has 3 nitrogen and oxygen atoms in total. The van der Waals surface area contributed by atoms with Gasteiger partial charge in [-0.3, -0.25) is 9.56 Å². The van der Waals surface area contributed by atoms with E-state index in [4.69, 9.17) is 12.2 Å². The average Bonchev–Trinajstić information content (AvgIpc) is 2.97. The summed E-state index contributed by atoms with van der Waals surface area (Å²) in [5.41, 5.74) is 2.14. The van der Waals surface area contributed by atoms with Gasteiger partial charge >= 0.3 is 0 Å². The van der Waals surface area contributed by atoms with Gasteiger partial charge in [0.2, 0.25) is 5.88 Å². The Hall–Kier alpha value is -2.76. The Morgan fingerprint density at radius 1 is 0.963 bits per heavy atom. The molecule has 1 N–H and O–H groups in total. The van der Waals surface area contributed by atoms with E-state index in [0.29, 0.717) is 10.5 Å². The maximum Gasteiger partial charge on any atom is 0.210 e. The van der Waals surface area contributed by atoms with Gasteiger partial charge in [0.05, 0.1) is 10.6 Å². The van der Waals surface area contributed by atoms with Crippen LogP contribution in [0.3, 0.4) is 0 Å². The van der Waals surface area contributed by atoms with Gasteiger partial charge in [0.15, 0.2) is 3.95 Å². The molecule has 136 valence electrons. The molecule has 0 aliphatic carbocycles. The third kappa shape index (κ3) is 5.61. The summed E-state index contributed by atoms with van der Waals surface area (Å²) in [4.78, 5) is 5.09. The lowest BCUT2D eigenvalue weighted by Gasteiger charge is -2.04. The first kappa shape index (κ1) is 19.0. The Morgan fingerprint density at radius 2 is 1.67 bits per heavy atom. The lowest BCUT2D eigenvalue weighted by molar-refractivity contribution is 0.414. The highest BCUT2D eigenvalue weighted by Crippen LogP contribution is 2.27. The normalized spacial score (nSPS) is 11.9. The largest absolute Gasteiger partial charge is 0.493 e. The number of aryl methyl sites for hydroxylation is 1. The highest BCUT2D eigenvalue weighted by atomic mass is 32.1. The first-order chi connectivity index (χ1) is 13.2. The van der Waals surface area contributed by atoms with Gasteiger partial charge in [-0.25, -0.2) is 0 Å². The fourth-order valence-corrected chi connectivity index (χ4v) is 3.78. The van der Waals surface area contributed by atoms with Gasteiger partial charge in [0.25, 0.3) is 0 Å². The number of allylic oxidation sites excluding steroid dienone is 3. The molecule has 0 unspecified atom stereocenters. The number of hydrogen-bond acceptors (Lipinski definition) is 4. The van der Waals surface area contributed by atoms with Crippen LogP contribution in [0.15, 0.2) is 83.9 Å². The molecule has 0 spiro atoms. The molecule has 1 heterocycles. The molecule has 3 rings (SSSR count). The van der Waals surface area contributed by atoms with Crippen molar-refractivity contribution in [1.82, 2.24) is 4.57 Å². The molecule has 0 amide bonds. The summed E-state index contributed by atoms with van der Waals surface area (Å²) < 4.78 is 2.46. The second-order valence-electron chi connectivity index (χ2n) is 5.80. The minimum Gasteiger partial charge on any atom is -0.493 e. The summed E-state index contributed by atoms with van der Waals surface area (Å²) >= 11 is 6.81. The van der Waals surface area contributed by atoms with Gasteiger partial charge in [-0.15, -0.1) is 11.3 Å². The van der Waals surface area contributed by atoms with E-state index in [-0.39, 0.29) is 5.88 Å². The Bertz CT molecular complexity index is 1000. The third-order valence-electron chi connectivity index (χ3n) is 3.90. The van der Waals surface area contributed by atoms with Crippen molar-refractivity contribution in [3.63, 3.8) is 0 Å². The topological polar surface area (TPSA) is 37.5 Å². The van der Waals surface area contributed by atoms with Gasteiger partial charge < -0.3 is 5.11 Å². The Balaban J connectivity index is 1.60. The molecule has 0 aliphatic heterocycles. The number of hydrogen-bond donors (Lipinski definition) is 1. The summed E-state index contributed by atoms with van der Waals surface area (Å²) in [6.07, 6.45) is 10.0. The van der Waals surface area contributed by atoms with Crippen molar-refractivity contribution in [3.05, 3.63) is 93.3 Å². The molecule has 3 aromatic rings. The molecule has 5 heteroatoms. The fraction of sp³-hybridized carbons (Fsp3) is 0.0909. The maximum atomic E-state index is 10.4. The summed E-state index contributed by atoms with van der Waals surface area (Å²) in [5, 5.41) is 10.4. The average molecular weight is 393 g/mol. The molecule has 0 bridgehead atoms. The van der Waals surface area contributed by atoms with Gasteiger partial charge in [0, 0.05) is 12.8 Å². The van der Waals surface area contributed by atoms with Crippen molar-refractivity contribution in [2.75, 3.05) is 0 Å². The van der Waals surface area contributed by atoms with E-state index in [1.807, 2.05) is 72.8 Å². The SMILES string of the molecule is Oc1c(C=CC=CC=Nc2ccccc2)sc(=S)n1CCc1ccccc1. The van der Waals surface area contributed by atoms with Gasteiger partial charge in [-0.05, 0) is 48.5 Å². The van der Waals surface area contributed by atoms with Crippen LogP contribution in [0.2, 0.25) is 0 Å². The number of aromatic hydroxyl groups is 1. The first-order valence-electron chi connectivity index (χ1n) is 8.63. The molecule has 0 atom stereocenters. The van der Waals surface area contributed by atoms with Gasteiger partial charge in [0.1, 0.15) is 0 Å². The smallest absolute Gasteiger partial charge is 0.210 e. The Labute approximate surface area is 168 Å². The van der Waals surface area contributed by atoms with Crippen molar-refractivity contribution in [2.24, 2.45) is 4.99 Å². The van der Waals surface area contributed by atoms with Gasteiger partial charge in [-0.1, -0.05) is 60.7 Å². The highest BCUT2D eigenvalue weighted by Gasteiger charge is 2.09. The zero-order chi connectivity index (χ0) is 18.9. The molecular weight excluding hydrogens is 372 g/mol. The lowest BCUT2D eigenvalue weighted by Crippen LogP contribution is -2.00. The van der Waals surface area contributed by atoms with Crippen LogP contribution in [0.5, 0.6) is 5.88 Å². The predicted octanol–water partition coefficient (Wildman–Crippen LogP) is 6.20. The second-order valence-corrected chi connectivity index (χ2v) is 7.48. The van der Waals surface area contributed by atoms with Gasteiger partial charge in [-0.2, -0.15) is 0 Å². The van der Waals surface area contributed by atoms with E-state index in [0.717, 1.165) is 17.0 Å². The highest BCUT2D eigenvalue weighted by molar-refractivity contribution is 7.73. The predicted molar refractivity (Wildman–Crippen MR) is 118 cm³/mol. The van der Waals surface area contributed by atoms with E-state index in [9.17, 15) is 5.11 Å². The molecule has 0 aliphatic rings. The Kier molecular flexibility index (Phi) is 6.90. The Morgan fingerprint density at radius 3 is 2.41 bits per heavy atom. The number of benzene rings is 2. The van der Waals surface area contributed by atoms with Crippen LogP contribution in [-0.4, -0.2) is 15.9 Å².